The van der Waals surface area contributed by atoms with E-state index in [0.29, 0.717) is 51.3 Å². The second kappa shape index (κ2) is 8.80. The molecule has 1 aromatic carbocycles. The lowest BCUT2D eigenvalue weighted by Gasteiger charge is -2.37. The van der Waals surface area contributed by atoms with Crippen LogP contribution in [0.5, 0.6) is 0 Å². The molecule has 31 heavy (non-hydrogen) atoms. The minimum atomic E-state index is -3.60. The van der Waals surface area contributed by atoms with Gasteiger partial charge in [-0.15, -0.1) is 0 Å². The van der Waals surface area contributed by atoms with Gasteiger partial charge in [-0.05, 0) is 43.9 Å². The number of hydrogen-bond acceptors (Lipinski definition) is 6. The Morgan fingerprint density at radius 1 is 1.00 bits per heavy atom. The Morgan fingerprint density at radius 2 is 1.68 bits per heavy atom. The summed E-state index contributed by atoms with van der Waals surface area (Å²) >= 11 is 0. The monoisotopic (exact) mass is 469 g/mol. The van der Waals surface area contributed by atoms with Gasteiger partial charge < -0.3 is 4.90 Å². The average Bonchev–Trinajstić information content (AvgIpc) is 3.14. The highest BCUT2D eigenvalue weighted by Crippen LogP contribution is 2.25. The third-order valence-electron chi connectivity index (χ3n) is 6.72. The highest BCUT2D eigenvalue weighted by atomic mass is 32.2. The topological polar surface area (TPSA) is 95.1 Å². The maximum atomic E-state index is 13.2. The van der Waals surface area contributed by atoms with Crippen molar-refractivity contribution in [1.29, 1.82) is 0 Å². The molecule has 3 aliphatic rings. The standard InChI is InChI=1S/C21H31N3O5S2/c1-17-5-6-19(31(28,29)24-8-3-2-4-9-24)15-20(17)21(25)23-12-10-22(11-13-23)18-7-14-30(26,27)16-18/h5-6,15,18H,2-4,7-14,16H2,1H3. The summed E-state index contributed by atoms with van der Waals surface area (Å²) in [4.78, 5) is 17.3. The summed E-state index contributed by atoms with van der Waals surface area (Å²) in [6.07, 6.45) is 3.43. The van der Waals surface area contributed by atoms with Gasteiger partial charge in [-0.25, -0.2) is 16.8 Å². The molecule has 10 heteroatoms. The van der Waals surface area contributed by atoms with Crippen molar-refractivity contribution in [3.8, 4) is 0 Å². The zero-order valence-corrected chi connectivity index (χ0v) is 19.6. The van der Waals surface area contributed by atoms with Crippen molar-refractivity contribution in [2.24, 2.45) is 0 Å². The number of sulfone groups is 1. The molecule has 1 aromatic rings. The Bertz CT molecular complexity index is 1040. The van der Waals surface area contributed by atoms with Crippen LogP contribution in [-0.4, -0.2) is 93.7 Å². The van der Waals surface area contributed by atoms with E-state index < -0.39 is 19.9 Å². The van der Waals surface area contributed by atoms with E-state index in [9.17, 15) is 21.6 Å². The number of amides is 1. The molecule has 0 radical (unpaired) electrons. The Hall–Kier alpha value is -1.49. The number of rotatable bonds is 4. The van der Waals surface area contributed by atoms with Gasteiger partial charge in [0.2, 0.25) is 10.0 Å². The molecule has 0 bridgehead atoms. The molecule has 1 amide bonds. The van der Waals surface area contributed by atoms with E-state index in [1.807, 2.05) is 6.92 Å². The quantitative estimate of drug-likeness (QED) is 0.656. The Labute approximate surface area is 185 Å². The summed E-state index contributed by atoms with van der Waals surface area (Å²) in [6, 6.07) is 4.87. The first-order chi connectivity index (χ1) is 14.7. The molecule has 3 fully saturated rings. The maximum Gasteiger partial charge on any atom is 0.254 e. The van der Waals surface area contributed by atoms with Crippen LogP contribution in [0.4, 0.5) is 0 Å². The van der Waals surface area contributed by atoms with Crippen LogP contribution in [0.2, 0.25) is 0 Å². The number of carbonyl (C=O) groups is 1. The lowest BCUT2D eigenvalue weighted by Crippen LogP contribution is -2.52. The van der Waals surface area contributed by atoms with Crippen LogP contribution in [0.25, 0.3) is 0 Å². The minimum absolute atomic E-state index is 0.0435. The van der Waals surface area contributed by atoms with E-state index >= 15 is 0 Å². The fourth-order valence-electron chi connectivity index (χ4n) is 4.77. The van der Waals surface area contributed by atoms with Crippen LogP contribution in [0.1, 0.15) is 41.6 Å². The molecular formula is C21H31N3O5S2. The predicted octanol–water partition coefficient (Wildman–Crippen LogP) is 1.11. The van der Waals surface area contributed by atoms with Gasteiger partial charge in [0, 0.05) is 50.9 Å². The molecule has 3 aliphatic heterocycles. The number of benzene rings is 1. The van der Waals surface area contributed by atoms with Gasteiger partial charge in [0.15, 0.2) is 9.84 Å². The van der Waals surface area contributed by atoms with Crippen molar-refractivity contribution in [2.45, 2.75) is 43.5 Å². The number of piperidine rings is 1. The first kappa shape index (κ1) is 22.7. The highest BCUT2D eigenvalue weighted by molar-refractivity contribution is 7.91. The second-order valence-electron chi connectivity index (χ2n) is 8.83. The van der Waals surface area contributed by atoms with Crippen molar-refractivity contribution in [3.05, 3.63) is 29.3 Å². The van der Waals surface area contributed by atoms with Gasteiger partial charge in [0.25, 0.3) is 5.91 Å². The largest absolute Gasteiger partial charge is 0.336 e. The van der Waals surface area contributed by atoms with Crippen molar-refractivity contribution in [2.75, 3.05) is 50.8 Å². The molecule has 0 aliphatic carbocycles. The number of piperazine rings is 1. The average molecular weight is 470 g/mol. The summed E-state index contributed by atoms with van der Waals surface area (Å²) in [5.74, 6) is 0.289. The number of hydrogen-bond donors (Lipinski definition) is 0. The summed E-state index contributed by atoms with van der Waals surface area (Å²) in [6.45, 7) is 5.17. The van der Waals surface area contributed by atoms with E-state index in [1.165, 1.54) is 10.4 Å². The van der Waals surface area contributed by atoms with Gasteiger partial charge in [0.05, 0.1) is 16.4 Å². The van der Waals surface area contributed by atoms with Crippen molar-refractivity contribution < 1.29 is 21.6 Å². The molecule has 3 saturated heterocycles. The van der Waals surface area contributed by atoms with E-state index in [2.05, 4.69) is 4.90 Å². The zero-order chi connectivity index (χ0) is 22.2. The molecular weight excluding hydrogens is 438 g/mol. The van der Waals surface area contributed by atoms with Gasteiger partial charge in [-0.1, -0.05) is 12.5 Å². The van der Waals surface area contributed by atoms with E-state index in [-0.39, 0.29) is 28.4 Å². The predicted molar refractivity (Wildman–Crippen MR) is 118 cm³/mol. The van der Waals surface area contributed by atoms with E-state index in [1.54, 1.807) is 17.0 Å². The van der Waals surface area contributed by atoms with Crippen LogP contribution in [-0.2, 0) is 19.9 Å². The molecule has 0 aromatic heterocycles. The number of carbonyl (C=O) groups excluding carboxylic acids is 1. The van der Waals surface area contributed by atoms with Crippen LogP contribution in [0.15, 0.2) is 23.1 Å². The Balaban J connectivity index is 1.46. The van der Waals surface area contributed by atoms with Crippen LogP contribution < -0.4 is 0 Å². The van der Waals surface area contributed by atoms with E-state index in [0.717, 1.165) is 24.8 Å². The molecule has 172 valence electrons. The second-order valence-corrected chi connectivity index (χ2v) is 13.0. The van der Waals surface area contributed by atoms with Crippen LogP contribution in [0.3, 0.4) is 0 Å². The summed E-state index contributed by atoms with van der Waals surface area (Å²) in [5.41, 5.74) is 1.18. The number of sulfonamides is 1. The maximum absolute atomic E-state index is 13.2. The van der Waals surface area contributed by atoms with Crippen molar-refractivity contribution >= 4 is 25.8 Å². The molecule has 1 atom stereocenters. The number of nitrogens with zero attached hydrogens (tertiary/aromatic N) is 3. The third kappa shape index (κ3) is 4.81. The summed E-state index contributed by atoms with van der Waals surface area (Å²) < 4.78 is 51.1. The molecule has 0 spiro atoms. The molecule has 8 nitrogen and oxygen atoms in total. The summed E-state index contributed by atoms with van der Waals surface area (Å²) in [7, 11) is -6.53. The third-order valence-corrected chi connectivity index (χ3v) is 10.4. The Morgan fingerprint density at radius 3 is 2.29 bits per heavy atom. The summed E-state index contributed by atoms with van der Waals surface area (Å²) in [5, 5.41) is 0. The zero-order valence-electron chi connectivity index (χ0n) is 18.0. The first-order valence-electron chi connectivity index (χ1n) is 11.0. The highest BCUT2D eigenvalue weighted by Gasteiger charge is 2.35. The molecule has 4 rings (SSSR count). The van der Waals surface area contributed by atoms with Gasteiger partial charge in [-0.3, -0.25) is 9.69 Å². The Kier molecular flexibility index (Phi) is 6.44. The molecule has 0 saturated carbocycles. The van der Waals surface area contributed by atoms with Gasteiger partial charge in [0.1, 0.15) is 0 Å². The fraction of sp³-hybridized carbons (Fsp3) is 0.667. The van der Waals surface area contributed by atoms with Crippen LogP contribution in [0, 0.1) is 6.92 Å². The van der Waals surface area contributed by atoms with Crippen molar-refractivity contribution in [3.63, 3.8) is 0 Å². The van der Waals surface area contributed by atoms with Crippen LogP contribution >= 0.6 is 0 Å². The minimum Gasteiger partial charge on any atom is -0.336 e. The van der Waals surface area contributed by atoms with E-state index in [4.69, 9.17) is 0 Å². The molecule has 0 N–H and O–H groups in total. The SMILES string of the molecule is Cc1ccc(S(=O)(=O)N2CCCCC2)cc1C(=O)N1CCN(C2CCS(=O)(=O)C2)CC1. The van der Waals surface area contributed by atoms with Crippen molar-refractivity contribution in [1.82, 2.24) is 14.1 Å². The van der Waals surface area contributed by atoms with Gasteiger partial charge in [-0.2, -0.15) is 4.31 Å². The first-order valence-corrected chi connectivity index (χ1v) is 14.3. The molecule has 1 unspecified atom stereocenters. The molecule has 3 heterocycles. The lowest BCUT2D eigenvalue weighted by atomic mass is 10.1. The smallest absolute Gasteiger partial charge is 0.254 e. The number of aryl methyl sites for hydroxylation is 1. The fourth-order valence-corrected chi connectivity index (χ4v) is 8.08. The van der Waals surface area contributed by atoms with Gasteiger partial charge >= 0.3 is 0 Å². The normalized spacial score (nSPS) is 25.6. The lowest BCUT2D eigenvalue weighted by molar-refractivity contribution is 0.0587.